The van der Waals surface area contributed by atoms with E-state index in [0.29, 0.717) is 19.4 Å². The van der Waals surface area contributed by atoms with E-state index in [1.165, 1.54) is 353 Å². The van der Waals surface area contributed by atoms with Crippen LogP contribution in [0.1, 0.15) is 425 Å². The molecule has 0 aliphatic heterocycles. The van der Waals surface area contributed by atoms with Gasteiger partial charge in [0.1, 0.15) is 0 Å². The molecular weight excluding hydrogens is 1030 g/mol. The van der Waals surface area contributed by atoms with Gasteiger partial charge in [0.15, 0.2) is 0 Å². The van der Waals surface area contributed by atoms with E-state index in [4.69, 9.17) is 4.74 Å². The van der Waals surface area contributed by atoms with Gasteiger partial charge in [-0.15, -0.1) is 0 Å². The van der Waals surface area contributed by atoms with Crippen LogP contribution >= 0.6 is 0 Å². The number of carbonyl (C=O) groups excluding carboxylic acids is 2. The van der Waals surface area contributed by atoms with Crippen LogP contribution in [-0.4, -0.2) is 47.4 Å². The van der Waals surface area contributed by atoms with Crippen molar-refractivity contribution >= 4 is 11.9 Å². The van der Waals surface area contributed by atoms with Gasteiger partial charge in [-0.2, -0.15) is 0 Å². The first-order chi connectivity index (χ1) is 41.5. The van der Waals surface area contributed by atoms with Crippen LogP contribution in [0.5, 0.6) is 0 Å². The molecule has 0 radical (unpaired) electrons. The van der Waals surface area contributed by atoms with Gasteiger partial charge in [-0.3, -0.25) is 9.59 Å². The number of hydrogen-bond acceptors (Lipinski definition) is 5. The fraction of sp³-hybridized carbons (Fsp3) is 0.897. The molecule has 0 bridgehead atoms. The van der Waals surface area contributed by atoms with Crippen molar-refractivity contribution in [3.63, 3.8) is 0 Å². The molecule has 0 saturated heterocycles. The molecule has 3 N–H and O–H groups in total. The molecule has 2 unspecified atom stereocenters. The van der Waals surface area contributed by atoms with Crippen molar-refractivity contribution in [1.82, 2.24) is 5.32 Å². The van der Waals surface area contributed by atoms with Gasteiger partial charge >= 0.3 is 5.97 Å². The number of aliphatic hydroxyl groups excluding tert-OH is 2. The topological polar surface area (TPSA) is 95.9 Å². The first kappa shape index (κ1) is 82.1. The Labute approximate surface area is 525 Å². The van der Waals surface area contributed by atoms with Crippen molar-refractivity contribution in [2.45, 2.75) is 437 Å². The highest BCUT2D eigenvalue weighted by Crippen LogP contribution is 2.19. The summed E-state index contributed by atoms with van der Waals surface area (Å²) in [5, 5.41) is 23.3. The number of nitrogens with one attached hydrogen (secondary N) is 1. The number of allylic oxidation sites excluding steroid dienone is 5. The Morgan fingerprint density at radius 3 is 0.905 bits per heavy atom. The first-order valence-corrected chi connectivity index (χ1v) is 38.3. The average Bonchev–Trinajstić information content (AvgIpc) is 3.50. The Bertz CT molecular complexity index is 1360. The summed E-state index contributed by atoms with van der Waals surface area (Å²) in [5.41, 5.74) is 0. The number of hydrogen-bond donors (Lipinski definition) is 3. The molecular formula is C78H149NO5. The van der Waals surface area contributed by atoms with Gasteiger partial charge in [0, 0.05) is 12.8 Å². The maximum Gasteiger partial charge on any atom is 0.305 e. The minimum absolute atomic E-state index is 0.0142. The largest absolute Gasteiger partial charge is 0.466 e. The van der Waals surface area contributed by atoms with Crippen molar-refractivity contribution in [3.05, 3.63) is 36.5 Å². The lowest BCUT2D eigenvalue weighted by Crippen LogP contribution is -2.45. The number of unbranched alkanes of at least 4 members (excludes halogenated alkanes) is 57. The van der Waals surface area contributed by atoms with E-state index >= 15 is 0 Å². The van der Waals surface area contributed by atoms with Crippen LogP contribution < -0.4 is 5.32 Å². The normalized spacial score (nSPS) is 12.7. The SMILES string of the molecule is CCCCCCCCCCCCCCCCCCCCCCC/C=C/C(O)C(CO)NC(=O)CCCCCCCCCCCCCCCCCCC/C=C\C/C=C\CCCCCCCCCCCOC(=O)CCCCCCCCCCCCC. The van der Waals surface area contributed by atoms with E-state index in [-0.39, 0.29) is 18.5 Å². The zero-order valence-electron chi connectivity index (χ0n) is 56.9. The number of esters is 1. The standard InChI is InChI=1S/C78H149NO5/c1-3-5-7-9-11-13-15-16-17-18-19-20-32-35-38-41-44-47-51-54-58-62-66-70-76(81)75(74-80)79-77(82)71-67-63-59-55-52-48-45-42-39-36-33-30-28-26-24-22-21-23-25-27-29-31-34-37-40-43-46-49-53-57-61-65-69-73-84-78(83)72-68-64-60-56-50-14-12-10-8-6-4-2/h25,27,31,34,66,70,75-76,80-81H,3-24,26,28-30,32-33,35-65,67-69,71-74H2,1-2H3,(H,79,82)/b27-25-,34-31-,70-66+. The Balaban J connectivity index is 3.41. The summed E-state index contributed by atoms with van der Waals surface area (Å²) in [7, 11) is 0. The van der Waals surface area contributed by atoms with Gasteiger partial charge in [0.05, 0.1) is 25.4 Å². The number of ether oxygens (including phenoxy) is 1. The monoisotopic (exact) mass is 1180 g/mol. The maximum absolute atomic E-state index is 12.5. The minimum Gasteiger partial charge on any atom is -0.466 e. The average molecular weight is 1180 g/mol. The van der Waals surface area contributed by atoms with Gasteiger partial charge in [-0.1, -0.05) is 384 Å². The Morgan fingerprint density at radius 2 is 0.595 bits per heavy atom. The quantitative estimate of drug-likeness (QED) is 0.0320. The number of carbonyl (C=O) groups is 2. The van der Waals surface area contributed by atoms with Crippen LogP contribution in [0.3, 0.4) is 0 Å². The zero-order chi connectivity index (χ0) is 60.6. The second-order valence-corrected chi connectivity index (χ2v) is 26.3. The number of aliphatic hydroxyl groups is 2. The lowest BCUT2D eigenvalue weighted by molar-refractivity contribution is -0.143. The lowest BCUT2D eigenvalue weighted by atomic mass is 10.0. The van der Waals surface area contributed by atoms with Gasteiger partial charge in [0.2, 0.25) is 5.91 Å². The van der Waals surface area contributed by atoms with Gasteiger partial charge in [-0.25, -0.2) is 0 Å². The van der Waals surface area contributed by atoms with E-state index in [2.05, 4.69) is 43.5 Å². The molecule has 0 heterocycles. The Morgan fingerprint density at radius 1 is 0.333 bits per heavy atom. The molecule has 6 nitrogen and oxygen atoms in total. The fourth-order valence-corrected chi connectivity index (χ4v) is 12.1. The van der Waals surface area contributed by atoms with Crippen molar-refractivity contribution in [1.29, 1.82) is 0 Å². The van der Waals surface area contributed by atoms with Crippen molar-refractivity contribution < 1.29 is 24.5 Å². The molecule has 84 heavy (non-hydrogen) atoms. The predicted molar refractivity (Wildman–Crippen MR) is 370 cm³/mol. The summed E-state index contributed by atoms with van der Waals surface area (Å²) in [6.45, 7) is 4.94. The molecule has 0 aromatic heterocycles. The number of rotatable bonds is 72. The molecule has 2 atom stereocenters. The summed E-state index contributed by atoms with van der Waals surface area (Å²) >= 11 is 0. The third kappa shape index (κ3) is 69.2. The third-order valence-electron chi connectivity index (χ3n) is 17.9. The van der Waals surface area contributed by atoms with Crippen LogP contribution in [0, 0.1) is 0 Å². The molecule has 0 aromatic carbocycles. The first-order valence-electron chi connectivity index (χ1n) is 38.3. The van der Waals surface area contributed by atoms with E-state index in [1.54, 1.807) is 6.08 Å². The fourth-order valence-electron chi connectivity index (χ4n) is 12.1. The second-order valence-electron chi connectivity index (χ2n) is 26.3. The summed E-state index contributed by atoms with van der Waals surface area (Å²) in [5.74, 6) is -0.0473. The van der Waals surface area contributed by atoms with E-state index < -0.39 is 12.1 Å². The second kappa shape index (κ2) is 73.5. The molecule has 1 amide bonds. The molecule has 0 aliphatic carbocycles. The van der Waals surface area contributed by atoms with Crippen molar-refractivity contribution in [2.75, 3.05) is 13.2 Å². The van der Waals surface area contributed by atoms with Gasteiger partial charge in [0.25, 0.3) is 0 Å². The number of amides is 1. The lowest BCUT2D eigenvalue weighted by Gasteiger charge is -2.20. The zero-order valence-corrected chi connectivity index (χ0v) is 56.9. The Hall–Kier alpha value is -1.92. The summed E-state index contributed by atoms with van der Waals surface area (Å²) < 4.78 is 5.47. The highest BCUT2D eigenvalue weighted by molar-refractivity contribution is 5.76. The highest BCUT2D eigenvalue weighted by atomic mass is 16.5. The Kier molecular flexibility index (Phi) is 71.9. The summed E-state index contributed by atoms with van der Waals surface area (Å²) in [4.78, 5) is 24.6. The van der Waals surface area contributed by atoms with Crippen LogP contribution in [0.4, 0.5) is 0 Å². The van der Waals surface area contributed by atoms with Crippen LogP contribution in [0.25, 0.3) is 0 Å². The molecule has 496 valence electrons. The predicted octanol–water partition coefficient (Wildman–Crippen LogP) is 25.0. The molecule has 0 fully saturated rings. The van der Waals surface area contributed by atoms with Crippen LogP contribution in [-0.2, 0) is 14.3 Å². The maximum atomic E-state index is 12.5. The summed E-state index contributed by atoms with van der Waals surface area (Å²) in [6.07, 6.45) is 95.4. The van der Waals surface area contributed by atoms with Crippen LogP contribution in [0.15, 0.2) is 36.5 Å². The molecule has 0 rings (SSSR count). The van der Waals surface area contributed by atoms with Gasteiger partial charge < -0.3 is 20.3 Å². The van der Waals surface area contributed by atoms with Gasteiger partial charge in [-0.05, 0) is 64.2 Å². The van der Waals surface area contributed by atoms with Crippen molar-refractivity contribution in [3.8, 4) is 0 Å². The molecule has 0 spiro atoms. The minimum atomic E-state index is -0.845. The van der Waals surface area contributed by atoms with E-state index in [0.717, 1.165) is 44.9 Å². The third-order valence-corrected chi connectivity index (χ3v) is 17.9. The molecule has 0 saturated carbocycles. The van der Waals surface area contributed by atoms with E-state index in [9.17, 15) is 19.8 Å². The van der Waals surface area contributed by atoms with Crippen molar-refractivity contribution in [2.24, 2.45) is 0 Å². The van der Waals surface area contributed by atoms with Crippen LogP contribution in [0.2, 0.25) is 0 Å². The molecule has 6 heteroatoms. The molecule has 0 aliphatic rings. The molecule has 0 aromatic rings. The summed E-state index contributed by atoms with van der Waals surface area (Å²) in [6, 6.07) is -0.628. The highest BCUT2D eigenvalue weighted by Gasteiger charge is 2.18. The smallest absolute Gasteiger partial charge is 0.305 e. The van der Waals surface area contributed by atoms with E-state index in [1.807, 2.05) is 6.08 Å².